The Balaban J connectivity index is 2.62. The molecule has 1 rings (SSSR count). The first kappa shape index (κ1) is 15.0. The normalized spacial score (nSPS) is 22.8. The van der Waals surface area contributed by atoms with Gasteiger partial charge in [0.1, 0.15) is 0 Å². The van der Waals surface area contributed by atoms with Gasteiger partial charge in [-0.25, -0.2) is 0 Å². The van der Waals surface area contributed by atoms with Crippen LogP contribution in [-0.2, 0) is 19.1 Å². The molecule has 5 heteroatoms. The summed E-state index contributed by atoms with van der Waals surface area (Å²) in [6.07, 6.45) is 1.69. The van der Waals surface area contributed by atoms with E-state index in [4.69, 9.17) is 9.47 Å². The molecule has 0 bridgehead atoms. The second-order valence-corrected chi connectivity index (χ2v) is 4.83. The fourth-order valence-corrected chi connectivity index (χ4v) is 2.27. The summed E-state index contributed by atoms with van der Waals surface area (Å²) in [5.41, 5.74) is 0. The van der Waals surface area contributed by atoms with Crippen molar-refractivity contribution in [3.05, 3.63) is 0 Å². The molecule has 0 spiro atoms. The molecule has 0 amide bonds. The lowest BCUT2D eigenvalue weighted by atomic mass is 9.72. The summed E-state index contributed by atoms with van der Waals surface area (Å²) in [4.78, 5) is 25.8. The lowest BCUT2D eigenvalue weighted by molar-refractivity contribution is -0.167. The van der Waals surface area contributed by atoms with E-state index in [1.807, 2.05) is 14.1 Å². The Morgan fingerprint density at radius 2 is 1.56 bits per heavy atom. The number of hydrogen-bond acceptors (Lipinski definition) is 5. The van der Waals surface area contributed by atoms with Gasteiger partial charge < -0.3 is 14.4 Å². The van der Waals surface area contributed by atoms with Gasteiger partial charge in [0.25, 0.3) is 0 Å². The van der Waals surface area contributed by atoms with Gasteiger partial charge in [-0.05, 0) is 46.7 Å². The zero-order chi connectivity index (χ0) is 13.7. The van der Waals surface area contributed by atoms with Crippen LogP contribution in [0.5, 0.6) is 0 Å². The minimum Gasteiger partial charge on any atom is -0.465 e. The monoisotopic (exact) mass is 257 g/mol. The minimum atomic E-state index is -0.749. The SMILES string of the molecule is CCOC(=O)C(C(=O)OCC)C1CC(N(C)C)C1. The number of carbonyl (C=O) groups is 2. The third-order valence-electron chi connectivity index (χ3n) is 3.43. The lowest BCUT2D eigenvalue weighted by Gasteiger charge is -2.41. The molecule has 1 aliphatic rings. The highest BCUT2D eigenvalue weighted by molar-refractivity contribution is 5.95. The van der Waals surface area contributed by atoms with Crippen LogP contribution in [0.4, 0.5) is 0 Å². The van der Waals surface area contributed by atoms with Crippen LogP contribution in [0.3, 0.4) is 0 Å². The number of ether oxygens (including phenoxy) is 2. The highest BCUT2D eigenvalue weighted by Gasteiger charge is 2.45. The van der Waals surface area contributed by atoms with E-state index < -0.39 is 17.9 Å². The maximum Gasteiger partial charge on any atom is 0.320 e. The smallest absolute Gasteiger partial charge is 0.320 e. The molecule has 0 N–H and O–H groups in total. The van der Waals surface area contributed by atoms with Gasteiger partial charge in [0, 0.05) is 6.04 Å². The Kier molecular flexibility index (Phi) is 5.59. The maximum atomic E-state index is 11.8. The molecule has 0 aliphatic heterocycles. The Morgan fingerprint density at radius 1 is 1.11 bits per heavy atom. The van der Waals surface area contributed by atoms with Crippen LogP contribution in [0.25, 0.3) is 0 Å². The molecule has 0 radical (unpaired) electrons. The molecule has 0 unspecified atom stereocenters. The van der Waals surface area contributed by atoms with Crippen molar-refractivity contribution in [2.24, 2.45) is 11.8 Å². The summed E-state index contributed by atoms with van der Waals surface area (Å²) in [7, 11) is 4.01. The Morgan fingerprint density at radius 3 is 1.89 bits per heavy atom. The number of nitrogens with zero attached hydrogens (tertiary/aromatic N) is 1. The van der Waals surface area contributed by atoms with E-state index in [-0.39, 0.29) is 5.92 Å². The van der Waals surface area contributed by atoms with Crippen molar-refractivity contribution >= 4 is 11.9 Å². The van der Waals surface area contributed by atoms with Crippen LogP contribution in [0.2, 0.25) is 0 Å². The minimum absolute atomic E-state index is 0.0514. The van der Waals surface area contributed by atoms with E-state index in [1.54, 1.807) is 13.8 Å². The average Bonchev–Trinajstić information content (AvgIpc) is 2.22. The maximum absolute atomic E-state index is 11.8. The van der Waals surface area contributed by atoms with E-state index in [0.29, 0.717) is 19.3 Å². The van der Waals surface area contributed by atoms with Crippen molar-refractivity contribution in [2.75, 3.05) is 27.3 Å². The summed E-state index contributed by atoms with van der Waals surface area (Å²) >= 11 is 0. The van der Waals surface area contributed by atoms with Gasteiger partial charge in [0.05, 0.1) is 13.2 Å². The first-order valence-electron chi connectivity index (χ1n) is 6.50. The van der Waals surface area contributed by atoms with Gasteiger partial charge in [-0.3, -0.25) is 9.59 Å². The van der Waals surface area contributed by atoms with Crippen LogP contribution in [0.15, 0.2) is 0 Å². The third kappa shape index (κ3) is 3.45. The molecule has 1 aliphatic carbocycles. The Bertz CT molecular complexity index is 279. The summed E-state index contributed by atoms with van der Waals surface area (Å²) in [6, 6.07) is 0.446. The van der Waals surface area contributed by atoms with Gasteiger partial charge in [-0.1, -0.05) is 0 Å². The van der Waals surface area contributed by atoms with Crippen molar-refractivity contribution in [1.82, 2.24) is 4.90 Å². The molecule has 0 aromatic carbocycles. The summed E-state index contributed by atoms with van der Waals surface area (Å²) in [5, 5.41) is 0. The standard InChI is InChI=1S/C13H23NO4/c1-5-17-12(15)11(13(16)18-6-2)9-7-10(8-9)14(3)4/h9-11H,5-8H2,1-4H3. The summed E-state index contributed by atoms with van der Waals surface area (Å²) in [6.45, 7) is 4.06. The van der Waals surface area contributed by atoms with Gasteiger partial charge >= 0.3 is 11.9 Å². The molecule has 0 aromatic rings. The number of carbonyl (C=O) groups excluding carboxylic acids is 2. The topological polar surface area (TPSA) is 55.8 Å². The molecular weight excluding hydrogens is 234 g/mol. The van der Waals surface area contributed by atoms with Gasteiger partial charge in [-0.15, -0.1) is 0 Å². The molecule has 1 saturated carbocycles. The predicted octanol–water partition coefficient (Wildman–Crippen LogP) is 1.07. The van der Waals surface area contributed by atoms with Crippen molar-refractivity contribution in [3.8, 4) is 0 Å². The molecule has 104 valence electrons. The zero-order valence-electron chi connectivity index (χ0n) is 11.6. The number of rotatable bonds is 6. The Labute approximate surface area is 108 Å². The van der Waals surface area contributed by atoms with Gasteiger partial charge in [0.15, 0.2) is 5.92 Å². The van der Waals surface area contributed by atoms with Crippen molar-refractivity contribution in [2.45, 2.75) is 32.7 Å². The fraction of sp³-hybridized carbons (Fsp3) is 0.846. The first-order chi connectivity index (χ1) is 8.51. The van der Waals surface area contributed by atoms with Crippen LogP contribution in [-0.4, -0.2) is 50.2 Å². The number of hydrogen-bond donors (Lipinski definition) is 0. The molecule has 0 heterocycles. The van der Waals surface area contributed by atoms with Gasteiger partial charge in [0.2, 0.25) is 0 Å². The van der Waals surface area contributed by atoms with Crippen LogP contribution < -0.4 is 0 Å². The van der Waals surface area contributed by atoms with Crippen LogP contribution in [0.1, 0.15) is 26.7 Å². The predicted molar refractivity (Wildman–Crippen MR) is 67.0 cm³/mol. The molecule has 18 heavy (non-hydrogen) atoms. The number of esters is 2. The largest absolute Gasteiger partial charge is 0.465 e. The average molecular weight is 257 g/mol. The van der Waals surface area contributed by atoms with E-state index >= 15 is 0 Å². The molecule has 5 nitrogen and oxygen atoms in total. The molecule has 0 atom stereocenters. The second-order valence-electron chi connectivity index (χ2n) is 4.83. The molecule has 1 fully saturated rings. The molecule has 0 aromatic heterocycles. The summed E-state index contributed by atoms with van der Waals surface area (Å²) < 4.78 is 9.94. The van der Waals surface area contributed by atoms with E-state index in [2.05, 4.69) is 4.90 Å². The first-order valence-corrected chi connectivity index (χ1v) is 6.50. The highest BCUT2D eigenvalue weighted by Crippen LogP contribution is 2.37. The van der Waals surface area contributed by atoms with Crippen molar-refractivity contribution in [1.29, 1.82) is 0 Å². The van der Waals surface area contributed by atoms with E-state index in [0.717, 1.165) is 12.8 Å². The summed E-state index contributed by atoms with van der Waals surface area (Å²) in [5.74, 6) is -1.59. The van der Waals surface area contributed by atoms with Gasteiger partial charge in [-0.2, -0.15) is 0 Å². The third-order valence-corrected chi connectivity index (χ3v) is 3.43. The van der Waals surface area contributed by atoms with E-state index in [9.17, 15) is 9.59 Å². The molecule has 0 saturated heterocycles. The quantitative estimate of drug-likeness (QED) is 0.526. The van der Waals surface area contributed by atoms with Crippen LogP contribution >= 0.6 is 0 Å². The van der Waals surface area contributed by atoms with E-state index in [1.165, 1.54) is 0 Å². The lowest BCUT2D eigenvalue weighted by Crippen LogP contribution is -2.48. The zero-order valence-corrected chi connectivity index (χ0v) is 11.6. The fourth-order valence-electron chi connectivity index (χ4n) is 2.27. The second kappa shape index (κ2) is 6.73. The molecular formula is C13H23NO4. The Hall–Kier alpha value is -1.10. The highest BCUT2D eigenvalue weighted by atomic mass is 16.6. The van der Waals surface area contributed by atoms with Crippen molar-refractivity contribution < 1.29 is 19.1 Å². The van der Waals surface area contributed by atoms with Crippen molar-refractivity contribution in [3.63, 3.8) is 0 Å². The van der Waals surface area contributed by atoms with Crippen LogP contribution in [0, 0.1) is 11.8 Å².